The van der Waals surface area contributed by atoms with Gasteiger partial charge in [-0.05, 0) is 38.8 Å². The smallest absolute Gasteiger partial charge is 0.210 e. The third kappa shape index (κ3) is 3.49. The summed E-state index contributed by atoms with van der Waals surface area (Å²) in [5.41, 5.74) is 1.15. The maximum atomic E-state index is 11.3. The summed E-state index contributed by atoms with van der Waals surface area (Å²) in [6.07, 6.45) is 5.71. The molecule has 1 aromatic rings. The Morgan fingerprint density at radius 2 is 1.89 bits per heavy atom. The fraction of sp³-hybridized carbons (Fsp3) is 0.562. The predicted octanol–water partition coefficient (Wildman–Crippen LogP) is 3.28. The first-order valence-corrected chi connectivity index (χ1v) is 7.26. The minimum absolute atomic E-state index is 0.265. The van der Waals surface area contributed by atoms with Crippen LogP contribution in [-0.2, 0) is 4.79 Å². The minimum atomic E-state index is 0.265. The molecule has 1 N–H and O–H groups in total. The molecule has 0 radical (unpaired) electrons. The molecule has 0 heterocycles. The molecular weight excluding hydrogens is 236 g/mol. The highest BCUT2D eigenvalue weighted by atomic mass is 16.1. The van der Waals surface area contributed by atoms with E-state index in [1.165, 1.54) is 12.8 Å². The molecule has 0 saturated heterocycles. The van der Waals surface area contributed by atoms with Crippen molar-refractivity contribution < 1.29 is 4.79 Å². The van der Waals surface area contributed by atoms with Crippen LogP contribution in [-0.4, -0.2) is 29.4 Å². The Labute approximate surface area is 116 Å². The van der Waals surface area contributed by atoms with Crippen LogP contribution in [0.4, 0.5) is 5.69 Å². The van der Waals surface area contributed by atoms with E-state index in [1.807, 2.05) is 23.1 Å². The van der Waals surface area contributed by atoms with Crippen molar-refractivity contribution in [3.63, 3.8) is 0 Å². The average molecular weight is 260 g/mol. The molecule has 3 nitrogen and oxygen atoms in total. The van der Waals surface area contributed by atoms with Crippen LogP contribution in [0.15, 0.2) is 30.3 Å². The number of para-hydroxylation sites is 1. The van der Waals surface area contributed by atoms with Crippen LogP contribution in [0.25, 0.3) is 0 Å². The molecule has 0 spiro atoms. The van der Waals surface area contributed by atoms with E-state index in [0.717, 1.165) is 24.9 Å². The SMILES string of the molecule is CC(C)N(C=O)C1CCCCC1Nc1ccccc1. The lowest BCUT2D eigenvalue weighted by Gasteiger charge is -2.40. The molecule has 1 saturated carbocycles. The molecule has 1 aliphatic carbocycles. The summed E-state index contributed by atoms with van der Waals surface area (Å²) in [5.74, 6) is 0. The quantitative estimate of drug-likeness (QED) is 0.824. The third-order valence-electron chi connectivity index (χ3n) is 3.96. The van der Waals surface area contributed by atoms with Gasteiger partial charge in [-0.25, -0.2) is 0 Å². The predicted molar refractivity (Wildman–Crippen MR) is 79.1 cm³/mol. The molecule has 0 aromatic heterocycles. The van der Waals surface area contributed by atoms with E-state index >= 15 is 0 Å². The molecule has 2 rings (SSSR count). The van der Waals surface area contributed by atoms with Crippen LogP contribution in [0.3, 0.4) is 0 Å². The Balaban J connectivity index is 2.09. The van der Waals surface area contributed by atoms with Gasteiger partial charge >= 0.3 is 0 Å². The molecule has 3 heteroatoms. The normalized spacial score (nSPS) is 23.1. The second-order valence-corrected chi connectivity index (χ2v) is 5.62. The molecular formula is C16H24N2O. The number of hydrogen-bond donors (Lipinski definition) is 1. The van der Waals surface area contributed by atoms with E-state index in [1.54, 1.807) is 0 Å². The molecule has 0 aliphatic heterocycles. The molecule has 1 fully saturated rings. The van der Waals surface area contributed by atoms with Crippen molar-refractivity contribution in [1.82, 2.24) is 4.90 Å². The molecule has 2 atom stereocenters. The summed E-state index contributed by atoms with van der Waals surface area (Å²) in [5, 5.41) is 3.60. The molecule has 1 aliphatic rings. The first-order valence-electron chi connectivity index (χ1n) is 7.26. The highest BCUT2D eigenvalue weighted by molar-refractivity contribution is 5.50. The van der Waals surface area contributed by atoms with Crippen LogP contribution in [0.1, 0.15) is 39.5 Å². The molecule has 1 amide bonds. The average Bonchev–Trinajstić information content (AvgIpc) is 2.42. The zero-order chi connectivity index (χ0) is 13.7. The standard InChI is InChI=1S/C16H24N2O/c1-13(2)18(12-19)16-11-7-6-10-15(16)17-14-8-4-3-5-9-14/h3-5,8-9,12-13,15-17H,6-7,10-11H2,1-2H3. The Kier molecular flexibility index (Phi) is 4.83. The van der Waals surface area contributed by atoms with E-state index in [0.29, 0.717) is 12.1 Å². The lowest BCUT2D eigenvalue weighted by molar-refractivity contribution is -0.122. The topological polar surface area (TPSA) is 32.3 Å². The van der Waals surface area contributed by atoms with Crippen molar-refractivity contribution in [3.05, 3.63) is 30.3 Å². The highest BCUT2D eigenvalue weighted by Crippen LogP contribution is 2.26. The number of hydrogen-bond acceptors (Lipinski definition) is 2. The zero-order valence-electron chi connectivity index (χ0n) is 11.9. The number of amides is 1. The number of nitrogens with one attached hydrogen (secondary N) is 1. The fourth-order valence-electron chi connectivity index (χ4n) is 2.97. The largest absolute Gasteiger partial charge is 0.380 e. The van der Waals surface area contributed by atoms with Crippen molar-refractivity contribution in [3.8, 4) is 0 Å². The van der Waals surface area contributed by atoms with Gasteiger partial charge in [-0.1, -0.05) is 31.0 Å². The fourth-order valence-corrected chi connectivity index (χ4v) is 2.97. The Hall–Kier alpha value is -1.51. The number of nitrogens with zero attached hydrogens (tertiary/aromatic N) is 1. The van der Waals surface area contributed by atoms with Crippen LogP contribution >= 0.6 is 0 Å². The van der Waals surface area contributed by atoms with E-state index in [4.69, 9.17) is 0 Å². The molecule has 1 aromatic carbocycles. The van der Waals surface area contributed by atoms with E-state index in [2.05, 4.69) is 31.3 Å². The van der Waals surface area contributed by atoms with Crippen molar-refractivity contribution in [1.29, 1.82) is 0 Å². The Morgan fingerprint density at radius 1 is 1.21 bits per heavy atom. The number of anilines is 1. The van der Waals surface area contributed by atoms with E-state index in [9.17, 15) is 4.79 Å². The Bertz CT molecular complexity index is 391. The van der Waals surface area contributed by atoms with E-state index < -0.39 is 0 Å². The summed E-state index contributed by atoms with van der Waals surface area (Å²) in [6, 6.07) is 11.2. The molecule has 0 bridgehead atoms. The summed E-state index contributed by atoms with van der Waals surface area (Å²) >= 11 is 0. The van der Waals surface area contributed by atoms with Gasteiger partial charge < -0.3 is 10.2 Å². The minimum Gasteiger partial charge on any atom is -0.380 e. The lowest BCUT2D eigenvalue weighted by Crippen LogP contribution is -2.50. The van der Waals surface area contributed by atoms with Gasteiger partial charge in [0.2, 0.25) is 6.41 Å². The highest BCUT2D eigenvalue weighted by Gasteiger charge is 2.30. The van der Waals surface area contributed by atoms with Gasteiger partial charge in [0.05, 0.1) is 6.04 Å². The van der Waals surface area contributed by atoms with Gasteiger partial charge in [-0.15, -0.1) is 0 Å². The second kappa shape index (κ2) is 6.60. The molecule has 19 heavy (non-hydrogen) atoms. The summed E-state index contributed by atoms with van der Waals surface area (Å²) < 4.78 is 0. The van der Waals surface area contributed by atoms with Gasteiger partial charge in [0.15, 0.2) is 0 Å². The van der Waals surface area contributed by atoms with Crippen LogP contribution in [0, 0.1) is 0 Å². The maximum Gasteiger partial charge on any atom is 0.210 e. The Morgan fingerprint density at radius 3 is 2.53 bits per heavy atom. The van der Waals surface area contributed by atoms with Gasteiger partial charge in [-0.3, -0.25) is 4.79 Å². The van der Waals surface area contributed by atoms with Crippen molar-refractivity contribution in [2.45, 2.75) is 57.7 Å². The van der Waals surface area contributed by atoms with Crippen LogP contribution in [0.5, 0.6) is 0 Å². The number of carbonyl (C=O) groups excluding carboxylic acids is 1. The molecule has 104 valence electrons. The maximum absolute atomic E-state index is 11.3. The van der Waals surface area contributed by atoms with E-state index in [-0.39, 0.29) is 6.04 Å². The third-order valence-corrected chi connectivity index (χ3v) is 3.96. The van der Waals surface area contributed by atoms with Gasteiger partial charge in [-0.2, -0.15) is 0 Å². The van der Waals surface area contributed by atoms with Crippen molar-refractivity contribution in [2.75, 3.05) is 5.32 Å². The van der Waals surface area contributed by atoms with Crippen LogP contribution in [0.2, 0.25) is 0 Å². The van der Waals surface area contributed by atoms with Gasteiger partial charge in [0.1, 0.15) is 0 Å². The molecule has 2 unspecified atom stereocenters. The van der Waals surface area contributed by atoms with Crippen LogP contribution < -0.4 is 5.32 Å². The first kappa shape index (κ1) is 13.9. The summed E-state index contributed by atoms with van der Waals surface area (Å²) in [4.78, 5) is 13.3. The second-order valence-electron chi connectivity index (χ2n) is 5.62. The monoisotopic (exact) mass is 260 g/mol. The van der Waals surface area contributed by atoms with Gasteiger partial charge in [0.25, 0.3) is 0 Å². The van der Waals surface area contributed by atoms with Gasteiger partial charge in [0, 0.05) is 17.8 Å². The number of carbonyl (C=O) groups is 1. The summed E-state index contributed by atoms with van der Waals surface area (Å²) in [7, 11) is 0. The van der Waals surface area contributed by atoms with Crippen molar-refractivity contribution in [2.24, 2.45) is 0 Å². The lowest BCUT2D eigenvalue weighted by atomic mass is 9.88. The number of benzene rings is 1. The first-order chi connectivity index (χ1) is 9.22. The summed E-state index contributed by atoms with van der Waals surface area (Å²) in [6.45, 7) is 4.17. The number of rotatable bonds is 5. The van der Waals surface area contributed by atoms with Crippen molar-refractivity contribution >= 4 is 12.1 Å². The zero-order valence-corrected chi connectivity index (χ0v) is 11.9.